The number of carbonyl (C=O) groups is 2. The summed E-state index contributed by atoms with van der Waals surface area (Å²) in [7, 11) is 0. The second-order valence-electron chi connectivity index (χ2n) is 7.41. The van der Waals surface area contributed by atoms with Crippen molar-refractivity contribution in [1.29, 1.82) is 0 Å². The number of likely N-dealkylation sites (tertiary alicyclic amines) is 2. The zero-order valence-corrected chi connectivity index (χ0v) is 15.8. The van der Waals surface area contributed by atoms with Crippen molar-refractivity contribution in [3.63, 3.8) is 0 Å². The average Bonchev–Trinajstić information content (AvgIpc) is 2.94. The number of carbonyl (C=O) groups excluding carboxylic acids is 2. The number of amides is 2. The average molecular weight is 353 g/mol. The van der Waals surface area contributed by atoms with Gasteiger partial charge in [0.1, 0.15) is 0 Å². The maximum atomic E-state index is 11.9. The van der Waals surface area contributed by atoms with Crippen LogP contribution in [0.15, 0.2) is 0 Å². The van der Waals surface area contributed by atoms with Gasteiger partial charge in [-0.05, 0) is 51.4 Å². The first-order valence-electron chi connectivity index (χ1n) is 10.4. The van der Waals surface area contributed by atoms with E-state index in [9.17, 15) is 9.59 Å². The Kier molecular flexibility index (Phi) is 9.93. The summed E-state index contributed by atoms with van der Waals surface area (Å²) in [6.45, 7) is 5.22. The summed E-state index contributed by atoms with van der Waals surface area (Å²) in [4.78, 5) is 27.9. The number of hydrogen-bond acceptors (Lipinski definition) is 3. The Labute approximate surface area is 153 Å². The van der Waals surface area contributed by atoms with E-state index in [-0.39, 0.29) is 0 Å². The van der Waals surface area contributed by atoms with Crippen molar-refractivity contribution < 1.29 is 14.3 Å². The van der Waals surface area contributed by atoms with Crippen molar-refractivity contribution in [3.8, 4) is 0 Å². The molecule has 2 aliphatic heterocycles. The molecular weight excluding hydrogens is 316 g/mol. The van der Waals surface area contributed by atoms with Crippen LogP contribution in [0.4, 0.5) is 0 Å². The number of hydrogen-bond donors (Lipinski definition) is 0. The third-order valence-electron chi connectivity index (χ3n) is 5.28. The second kappa shape index (κ2) is 12.3. The summed E-state index contributed by atoms with van der Waals surface area (Å²) < 4.78 is 5.71. The van der Waals surface area contributed by atoms with Crippen LogP contribution in [-0.4, -0.2) is 61.0 Å². The van der Waals surface area contributed by atoms with Crippen molar-refractivity contribution in [2.24, 2.45) is 0 Å². The lowest BCUT2D eigenvalue weighted by Gasteiger charge is -2.20. The zero-order chi connectivity index (χ0) is 17.7. The van der Waals surface area contributed by atoms with Crippen molar-refractivity contribution >= 4 is 11.8 Å². The fraction of sp³-hybridized carbons (Fsp3) is 0.900. The molecule has 2 heterocycles. The highest BCUT2D eigenvalue weighted by atomic mass is 16.5. The van der Waals surface area contributed by atoms with Gasteiger partial charge in [-0.1, -0.05) is 12.8 Å². The minimum absolute atomic E-state index is 0.335. The summed E-state index contributed by atoms with van der Waals surface area (Å²) in [5.41, 5.74) is 0. The van der Waals surface area contributed by atoms with Gasteiger partial charge >= 0.3 is 0 Å². The molecule has 0 aromatic heterocycles. The van der Waals surface area contributed by atoms with E-state index in [0.717, 1.165) is 104 Å². The van der Waals surface area contributed by atoms with Gasteiger partial charge in [0.05, 0.1) is 0 Å². The first-order chi connectivity index (χ1) is 12.3. The molecule has 25 heavy (non-hydrogen) atoms. The Morgan fingerprint density at radius 3 is 1.60 bits per heavy atom. The van der Waals surface area contributed by atoms with Gasteiger partial charge in [0.15, 0.2) is 0 Å². The smallest absolute Gasteiger partial charge is 0.222 e. The highest BCUT2D eigenvalue weighted by Crippen LogP contribution is 2.13. The van der Waals surface area contributed by atoms with E-state index in [4.69, 9.17) is 4.74 Å². The van der Waals surface area contributed by atoms with Crippen LogP contribution in [0.3, 0.4) is 0 Å². The molecule has 0 unspecified atom stereocenters. The van der Waals surface area contributed by atoms with Crippen LogP contribution in [-0.2, 0) is 14.3 Å². The van der Waals surface area contributed by atoms with Crippen LogP contribution < -0.4 is 0 Å². The van der Waals surface area contributed by atoms with E-state index in [1.54, 1.807) is 0 Å². The summed E-state index contributed by atoms with van der Waals surface area (Å²) in [6, 6.07) is 0. The lowest BCUT2D eigenvalue weighted by molar-refractivity contribution is -0.131. The molecule has 2 amide bonds. The Balaban J connectivity index is 1.41. The van der Waals surface area contributed by atoms with E-state index in [2.05, 4.69) is 0 Å². The lowest BCUT2D eigenvalue weighted by atomic mass is 10.2. The molecule has 2 saturated heterocycles. The number of nitrogens with zero attached hydrogens (tertiary/aromatic N) is 2. The summed E-state index contributed by atoms with van der Waals surface area (Å²) in [5.74, 6) is 0.669. The number of ether oxygens (including phenoxy) is 1. The molecule has 0 bridgehead atoms. The van der Waals surface area contributed by atoms with Crippen molar-refractivity contribution in [2.45, 2.75) is 77.0 Å². The highest BCUT2D eigenvalue weighted by molar-refractivity contribution is 5.76. The summed E-state index contributed by atoms with van der Waals surface area (Å²) in [5, 5.41) is 0. The van der Waals surface area contributed by atoms with Gasteiger partial charge in [-0.2, -0.15) is 0 Å². The minimum atomic E-state index is 0.335. The highest BCUT2D eigenvalue weighted by Gasteiger charge is 2.16. The molecule has 5 heteroatoms. The molecule has 0 aliphatic carbocycles. The van der Waals surface area contributed by atoms with E-state index in [1.165, 1.54) is 12.8 Å². The van der Waals surface area contributed by atoms with Crippen molar-refractivity contribution in [3.05, 3.63) is 0 Å². The van der Waals surface area contributed by atoms with Crippen LogP contribution in [0, 0.1) is 0 Å². The molecule has 0 saturated carbocycles. The predicted molar refractivity (Wildman–Crippen MR) is 99.4 cm³/mol. The number of rotatable bonds is 10. The van der Waals surface area contributed by atoms with Gasteiger partial charge in [-0.3, -0.25) is 9.59 Å². The fourth-order valence-corrected chi connectivity index (χ4v) is 3.67. The first-order valence-corrected chi connectivity index (χ1v) is 10.4. The lowest BCUT2D eigenvalue weighted by Crippen LogP contribution is -2.31. The molecule has 2 rings (SSSR count). The first kappa shape index (κ1) is 20.2. The fourth-order valence-electron chi connectivity index (χ4n) is 3.67. The van der Waals surface area contributed by atoms with Gasteiger partial charge in [-0.25, -0.2) is 0 Å². The minimum Gasteiger partial charge on any atom is -0.381 e. The van der Waals surface area contributed by atoms with Crippen molar-refractivity contribution in [2.75, 3.05) is 39.4 Å². The maximum Gasteiger partial charge on any atom is 0.222 e. The van der Waals surface area contributed by atoms with E-state index in [1.807, 2.05) is 9.80 Å². The van der Waals surface area contributed by atoms with E-state index >= 15 is 0 Å². The molecule has 0 atom stereocenters. The molecule has 0 aromatic rings. The normalized spacial score (nSPS) is 19.8. The molecule has 2 aliphatic rings. The Morgan fingerprint density at radius 1 is 0.640 bits per heavy atom. The topological polar surface area (TPSA) is 49.9 Å². The van der Waals surface area contributed by atoms with Crippen LogP contribution in [0.25, 0.3) is 0 Å². The van der Waals surface area contributed by atoms with Crippen LogP contribution in [0.1, 0.15) is 77.0 Å². The second-order valence-corrected chi connectivity index (χ2v) is 7.41. The maximum absolute atomic E-state index is 11.9. The summed E-state index contributed by atoms with van der Waals surface area (Å²) >= 11 is 0. The largest absolute Gasteiger partial charge is 0.381 e. The Bertz CT molecular complexity index is 364. The molecule has 0 spiro atoms. The SMILES string of the molecule is O=C1CCCCCN1CCCCOCCCCN1CCCCCC1=O. The van der Waals surface area contributed by atoms with Crippen LogP contribution in [0.5, 0.6) is 0 Å². The Morgan fingerprint density at radius 2 is 1.12 bits per heavy atom. The molecule has 144 valence electrons. The molecular formula is C20H36N2O3. The third-order valence-corrected chi connectivity index (χ3v) is 5.28. The van der Waals surface area contributed by atoms with Crippen molar-refractivity contribution in [1.82, 2.24) is 9.80 Å². The Hall–Kier alpha value is -1.10. The number of unbranched alkanes of at least 4 members (excludes halogenated alkanes) is 2. The standard InChI is InChI=1S/C20H36N2O3/c23-19-11-3-1-5-13-21(19)15-7-9-17-25-18-10-8-16-22-14-6-2-4-12-20(22)24/h1-18H2. The summed E-state index contributed by atoms with van der Waals surface area (Å²) in [6.07, 6.45) is 12.4. The van der Waals surface area contributed by atoms with Gasteiger partial charge in [0.2, 0.25) is 11.8 Å². The third kappa shape index (κ3) is 8.21. The quantitative estimate of drug-likeness (QED) is 0.566. The molecule has 0 N–H and O–H groups in total. The van der Waals surface area contributed by atoms with Gasteiger partial charge in [-0.15, -0.1) is 0 Å². The zero-order valence-electron chi connectivity index (χ0n) is 15.8. The molecule has 0 radical (unpaired) electrons. The van der Waals surface area contributed by atoms with Gasteiger partial charge in [0, 0.05) is 52.2 Å². The van der Waals surface area contributed by atoms with E-state index < -0.39 is 0 Å². The molecule has 5 nitrogen and oxygen atoms in total. The van der Waals surface area contributed by atoms with Gasteiger partial charge in [0.25, 0.3) is 0 Å². The monoisotopic (exact) mass is 352 g/mol. The molecule has 0 aromatic carbocycles. The predicted octanol–water partition coefficient (Wildman–Crippen LogP) is 3.37. The van der Waals surface area contributed by atoms with Gasteiger partial charge < -0.3 is 14.5 Å². The van der Waals surface area contributed by atoms with E-state index in [0.29, 0.717) is 11.8 Å². The van der Waals surface area contributed by atoms with Crippen LogP contribution in [0.2, 0.25) is 0 Å². The molecule has 2 fully saturated rings. The van der Waals surface area contributed by atoms with Crippen LogP contribution >= 0.6 is 0 Å².